The first kappa shape index (κ1) is 9.86. The average Bonchev–Trinajstić information content (AvgIpc) is 1.87. The average molecular weight is 162 g/mol. The Morgan fingerprint density at radius 1 is 1.45 bits per heavy atom. The molecule has 0 saturated heterocycles. The van der Waals surface area contributed by atoms with E-state index in [-0.39, 0.29) is 12.8 Å². The normalized spacial score (nSPS) is 12.5. The molecule has 5 N–H and O–H groups in total. The van der Waals surface area contributed by atoms with Gasteiger partial charge in [-0.05, 0) is 6.42 Å². The number of nitrogens with one attached hydrogen (secondary N) is 1. The second-order valence-electron chi connectivity index (χ2n) is 1.99. The summed E-state index contributed by atoms with van der Waals surface area (Å²) < 4.78 is 0. The van der Waals surface area contributed by atoms with Gasteiger partial charge in [0.05, 0.1) is 0 Å². The zero-order valence-corrected chi connectivity index (χ0v) is 5.78. The van der Waals surface area contributed by atoms with Crippen LogP contribution in [0.4, 0.5) is 0 Å². The Kier molecular flexibility index (Phi) is 4.16. The van der Waals surface area contributed by atoms with Crippen LogP contribution in [0.25, 0.3) is 0 Å². The predicted molar refractivity (Wildman–Crippen MR) is 35.6 cm³/mol. The molecule has 0 saturated carbocycles. The predicted octanol–water partition coefficient (Wildman–Crippen LogP) is -1.23. The molecule has 0 rings (SSSR count). The van der Waals surface area contributed by atoms with Gasteiger partial charge in [0.15, 0.2) is 0 Å². The quantitative estimate of drug-likeness (QED) is 0.297. The summed E-state index contributed by atoms with van der Waals surface area (Å²) in [6, 6.07) is -0.980. The summed E-state index contributed by atoms with van der Waals surface area (Å²) in [5, 5.41) is 16.5. The van der Waals surface area contributed by atoms with Crippen LogP contribution in [-0.4, -0.2) is 28.2 Å². The molecule has 6 nitrogen and oxygen atoms in total. The zero-order chi connectivity index (χ0) is 8.85. The lowest BCUT2D eigenvalue weighted by Crippen LogP contribution is -2.41. The van der Waals surface area contributed by atoms with Crippen molar-refractivity contribution in [3.05, 3.63) is 0 Å². The van der Waals surface area contributed by atoms with Crippen LogP contribution >= 0.6 is 0 Å². The first-order valence-electron chi connectivity index (χ1n) is 2.98. The van der Waals surface area contributed by atoms with Crippen LogP contribution in [0.3, 0.4) is 0 Å². The third kappa shape index (κ3) is 4.29. The van der Waals surface area contributed by atoms with E-state index < -0.39 is 18.0 Å². The molecule has 0 aliphatic rings. The third-order valence-corrected chi connectivity index (χ3v) is 1.15. The Morgan fingerprint density at radius 3 is 2.27 bits per heavy atom. The van der Waals surface area contributed by atoms with E-state index in [1.807, 2.05) is 5.43 Å². The zero-order valence-electron chi connectivity index (χ0n) is 5.78. The molecule has 0 radical (unpaired) electrons. The van der Waals surface area contributed by atoms with E-state index in [9.17, 15) is 9.59 Å². The largest absolute Gasteiger partial charge is 0.481 e. The maximum Gasteiger partial charge on any atom is 0.322 e. The van der Waals surface area contributed by atoms with Crippen molar-refractivity contribution in [2.75, 3.05) is 0 Å². The molecular weight excluding hydrogens is 152 g/mol. The van der Waals surface area contributed by atoms with E-state index in [0.717, 1.165) is 0 Å². The lowest BCUT2D eigenvalue weighted by molar-refractivity contribution is -0.140. The van der Waals surface area contributed by atoms with Gasteiger partial charge in [-0.3, -0.25) is 15.4 Å². The van der Waals surface area contributed by atoms with Crippen molar-refractivity contribution in [3.63, 3.8) is 0 Å². The second-order valence-corrected chi connectivity index (χ2v) is 1.99. The van der Waals surface area contributed by atoms with E-state index in [4.69, 9.17) is 16.1 Å². The van der Waals surface area contributed by atoms with Gasteiger partial charge in [0.2, 0.25) is 0 Å². The molecular formula is C5H10N2O4. The first-order chi connectivity index (χ1) is 5.07. The van der Waals surface area contributed by atoms with E-state index in [1.165, 1.54) is 0 Å². The van der Waals surface area contributed by atoms with Crippen LogP contribution < -0.4 is 11.3 Å². The number of hydrazine groups is 1. The number of carbonyl (C=O) groups is 2. The maximum absolute atomic E-state index is 10.2. The minimum Gasteiger partial charge on any atom is -0.481 e. The summed E-state index contributed by atoms with van der Waals surface area (Å²) in [5.74, 6) is 2.66. The van der Waals surface area contributed by atoms with Gasteiger partial charge in [0, 0.05) is 6.42 Å². The number of hydrogen-bond acceptors (Lipinski definition) is 4. The van der Waals surface area contributed by atoms with Crippen molar-refractivity contribution >= 4 is 11.9 Å². The van der Waals surface area contributed by atoms with Crippen LogP contribution in [0.2, 0.25) is 0 Å². The van der Waals surface area contributed by atoms with Gasteiger partial charge in [-0.15, -0.1) is 0 Å². The lowest BCUT2D eigenvalue weighted by atomic mass is 10.2. The van der Waals surface area contributed by atoms with Gasteiger partial charge in [-0.25, -0.2) is 5.43 Å². The molecule has 0 amide bonds. The summed E-state index contributed by atoms with van der Waals surface area (Å²) >= 11 is 0. The van der Waals surface area contributed by atoms with E-state index in [2.05, 4.69) is 0 Å². The lowest BCUT2D eigenvalue weighted by Gasteiger charge is -2.07. The first-order valence-corrected chi connectivity index (χ1v) is 2.98. The fraction of sp³-hybridized carbons (Fsp3) is 0.600. The van der Waals surface area contributed by atoms with Gasteiger partial charge in [0.1, 0.15) is 6.04 Å². The molecule has 0 fully saturated rings. The van der Waals surface area contributed by atoms with Crippen molar-refractivity contribution in [3.8, 4) is 0 Å². The summed E-state index contributed by atoms with van der Waals surface area (Å²) in [7, 11) is 0. The molecule has 0 aliphatic carbocycles. The maximum atomic E-state index is 10.2. The van der Waals surface area contributed by atoms with Crippen LogP contribution in [0, 0.1) is 0 Å². The molecule has 6 heteroatoms. The number of hydrogen-bond donors (Lipinski definition) is 4. The Labute approximate surface area is 63.0 Å². The number of aliphatic carboxylic acids is 2. The van der Waals surface area contributed by atoms with Crippen molar-refractivity contribution in [1.29, 1.82) is 0 Å². The Morgan fingerprint density at radius 2 is 2.00 bits per heavy atom. The highest BCUT2D eigenvalue weighted by molar-refractivity contribution is 5.74. The fourth-order valence-corrected chi connectivity index (χ4v) is 0.546. The van der Waals surface area contributed by atoms with Gasteiger partial charge in [-0.2, -0.15) is 0 Å². The third-order valence-electron chi connectivity index (χ3n) is 1.15. The van der Waals surface area contributed by atoms with Gasteiger partial charge < -0.3 is 10.2 Å². The fourth-order valence-electron chi connectivity index (χ4n) is 0.546. The molecule has 0 bridgehead atoms. The minimum atomic E-state index is -1.14. The van der Waals surface area contributed by atoms with Gasteiger partial charge in [-0.1, -0.05) is 0 Å². The minimum absolute atomic E-state index is 0.0127. The Balaban J connectivity index is 3.70. The van der Waals surface area contributed by atoms with E-state index >= 15 is 0 Å². The van der Waals surface area contributed by atoms with Crippen molar-refractivity contribution in [1.82, 2.24) is 5.43 Å². The van der Waals surface area contributed by atoms with Gasteiger partial charge >= 0.3 is 11.9 Å². The highest BCUT2D eigenvalue weighted by Gasteiger charge is 2.15. The number of carboxylic acid groups (broad SMARTS) is 2. The molecule has 0 aromatic carbocycles. The van der Waals surface area contributed by atoms with Crippen molar-refractivity contribution in [2.24, 2.45) is 5.84 Å². The van der Waals surface area contributed by atoms with Crippen molar-refractivity contribution < 1.29 is 19.8 Å². The Bertz CT molecular complexity index is 159. The number of rotatable bonds is 5. The molecule has 0 unspecified atom stereocenters. The molecule has 64 valence electrons. The number of carboxylic acids is 2. The van der Waals surface area contributed by atoms with Crippen LogP contribution in [0.5, 0.6) is 0 Å². The van der Waals surface area contributed by atoms with Crippen LogP contribution in [0.1, 0.15) is 12.8 Å². The highest BCUT2D eigenvalue weighted by atomic mass is 16.4. The van der Waals surface area contributed by atoms with E-state index in [1.54, 1.807) is 0 Å². The number of nitrogens with two attached hydrogens (primary N) is 1. The standard InChI is InChI=1S/C5H10N2O4/c6-7-3(5(10)11)1-2-4(8)9/h3,7H,1-2,6H2,(H,8,9)(H,10,11)/t3-/m1/s1. The highest BCUT2D eigenvalue weighted by Crippen LogP contribution is 1.95. The smallest absolute Gasteiger partial charge is 0.322 e. The summed E-state index contributed by atoms with van der Waals surface area (Å²) in [4.78, 5) is 20.2. The molecule has 0 aliphatic heterocycles. The summed E-state index contributed by atoms with van der Waals surface area (Å²) in [6.45, 7) is 0. The topological polar surface area (TPSA) is 113 Å². The Hall–Kier alpha value is -1.14. The van der Waals surface area contributed by atoms with Crippen LogP contribution in [0.15, 0.2) is 0 Å². The second kappa shape index (κ2) is 4.64. The summed E-state index contributed by atoms with van der Waals surface area (Å²) in [5.41, 5.74) is 1.99. The molecule has 0 heterocycles. The van der Waals surface area contributed by atoms with Crippen LogP contribution in [-0.2, 0) is 9.59 Å². The molecule has 0 aromatic rings. The monoisotopic (exact) mass is 162 g/mol. The SMILES string of the molecule is NN[C@H](CCC(=O)O)C(=O)O. The molecule has 11 heavy (non-hydrogen) atoms. The molecule has 0 spiro atoms. The molecule has 1 atom stereocenters. The summed E-state index contributed by atoms with van der Waals surface area (Å²) in [6.07, 6.45) is -0.220. The van der Waals surface area contributed by atoms with E-state index in [0.29, 0.717) is 0 Å². The van der Waals surface area contributed by atoms with Gasteiger partial charge in [0.25, 0.3) is 0 Å². The molecule has 0 aromatic heterocycles. The van der Waals surface area contributed by atoms with Crippen molar-refractivity contribution in [2.45, 2.75) is 18.9 Å².